The van der Waals surface area contributed by atoms with Crippen LogP contribution in [0.1, 0.15) is 53.0 Å². The van der Waals surface area contributed by atoms with Crippen LogP contribution in [-0.4, -0.2) is 49.4 Å². The average molecular weight is 390 g/mol. The summed E-state index contributed by atoms with van der Waals surface area (Å²) < 4.78 is 17.6. The SMILES string of the molecule is COC(C)C(N)C(=O)NC(CCCc1ccccc1)B1OC(C)(C)C(C)(C)O1. The molecule has 1 aliphatic rings. The first kappa shape index (κ1) is 22.9. The molecule has 0 spiro atoms. The third-order valence-electron chi connectivity index (χ3n) is 5.93. The van der Waals surface area contributed by atoms with Crippen molar-refractivity contribution in [2.45, 2.75) is 83.2 Å². The number of carbonyl (C=O) groups excluding carboxylic acids is 1. The molecule has 1 aliphatic heterocycles. The molecule has 1 aromatic carbocycles. The maximum Gasteiger partial charge on any atom is 0.481 e. The van der Waals surface area contributed by atoms with Crippen LogP contribution in [0.15, 0.2) is 30.3 Å². The summed E-state index contributed by atoms with van der Waals surface area (Å²) in [5.41, 5.74) is 6.38. The fraction of sp³-hybridized carbons (Fsp3) is 0.667. The van der Waals surface area contributed by atoms with Gasteiger partial charge in [0, 0.05) is 7.11 Å². The van der Waals surface area contributed by atoms with Crippen LogP contribution in [0.3, 0.4) is 0 Å². The van der Waals surface area contributed by atoms with E-state index in [0.29, 0.717) is 0 Å². The molecule has 3 unspecified atom stereocenters. The summed E-state index contributed by atoms with van der Waals surface area (Å²) in [5.74, 6) is -0.541. The van der Waals surface area contributed by atoms with Crippen LogP contribution in [0.4, 0.5) is 0 Å². The van der Waals surface area contributed by atoms with E-state index in [1.165, 1.54) is 5.56 Å². The van der Waals surface area contributed by atoms with E-state index in [4.69, 9.17) is 19.8 Å². The van der Waals surface area contributed by atoms with Gasteiger partial charge in [0.15, 0.2) is 0 Å². The molecular weight excluding hydrogens is 355 g/mol. The molecule has 3 atom stereocenters. The van der Waals surface area contributed by atoms with Crippen molar-refractivity contribution >= 4 is 13.0 Å². The predicted molar refractivity (Wildman–Crippen MR) is 112 cm³/mol. The highest BCUT2D eigenvalue weighted by Crippen LogP contribution is 2.38. The molecule has 1 amide bonds. The summed E-state index contributed by atoms with van der Waals surface area (Å²) in [5, 5.41) is 3.04. The van der Waals surface area contributed by atoms with Crippen molar-refractivity contribution in [1.29, 1.82) is 0 Å². The summed E-state index contributed by atoms with van der Waals surface area (Å²) in [6, 6.07) is 9.55. The number of benzene rings is 1. The first-order chi connectivity index (χ1) is 13.1. The Balaban J connectivity index is 2.06. The van der Waals surface area contributed by atoms with Gasteiger partial charge < -0.3 is 25.1 Å². The van der Waals surface area contributed by atoms with Crippen LogP contribution < -0.4 is 11.1 Å². The van der Waals surface area contributed by atoms with E-state index in [2.05, 4.69) is 17.4 Å². The topological polar surface area (TPSA) is 82.8 Å². The molecule has 0 aromatic heterocycles. The summed E-state index contributed by atoms with van der Waals surface area (Å²) in [4.78, 5) is 12.6. The zero-order chi connectivity index (χ0) is 20.9. The number of amides is 1. The number of nitrogens with one attached hydrogen (secondary N) is 1. The van der Waals surface area contributed by atoms with Crippen molar-refractivity contribution in [2.24, 2.45) is 5.73 Å². The summed E-state index contributed by atoms with van der Waals surface area (Å²) in [7, 11) is 1.03. The number of hydrogen-bond donors (Lipinski definition) is 2. The second-order valence-electron chi connectivity index (χ2n) is 8.58. The predicted octanol–water partition coefficient (Wildman–Crippen LogP) is 2.49. The van der Waals surface area contributed by atoms with Gasteiger partial charge >= 0.3 is 7.12 Å². The van der Waals surface area contributed by atoms with Crippen LogP contribution in [0.5, 0.6) is 0 Å². The standard InChI is InChI=1S/C21H35BN2O4/c1-15(26-6)18(23)19(25)24-17(14-10-13-16-11-8-7-9-12-16)22-27-20(2,3)21(4,5)28-22/h7-9,11-12,15,17-18H,10,13-14,23H2,1-6H3,(H,24,25). The normalized spacial score (nSPS) is 21.2. The van der Waals surface area contributed by atoms with Crippen LogP contribution >= 0.6 is 0 Å². The molecule has 0 aliphatic carbocycles. The highest BCUT2D eigenvalue weighted by atomic mass is 16.7. The Morgan fingerprint density at radius 3 is 2.29 bits per heavy atom. The second kappa shape index (κ2) is 9.40. The minimum Gasteiger partial charge on any atom is -0.402 e. The molecule has 1 saturated heterocycles. The molecule has 0 saturated carbocycles. The third-order valence-corrected chi connectivity index (χ3v) is 5.93. The molecule has 1 aromatic rings. The molecule has 156 valence electrons. The zero-order valence-corrected chi connectivity index (χ0v) is 18.0. The van der Waals surface area contributed by atoms with Crippen molar-refractivity contribution in [3.8, 4) is 0 Å². The third kappa shape index (κ3) is 5.57. The number of aryl methyl sites for hydroxylation is 1. The lowest BCUT2D eigenvalue weighted by Crippen LogP contribution is -2.55. The van der Waals surface area contributed by atoms with Gasteiger partial charge in [-0.05, 0) is 59.4 Å². The molecule has 3 N–H and O–H groups in total. The van der Waals surface area contributed by atoms with Crippen molar-refractivity contribution in [3.05, 3.63) is 35.9 Å². The largest absolute Gasteiger partial charge is 0.481 e. The molecule has 6 nitrogen and oxygen atoms in total. The van der Waals surface area contributed by atoms with Gasteiger partial charge in [-0.3, -0.25) is 4.79 Å². The smallest absolute Gasteiger partial charge is 0.402 e. The maximum absolute atomic E-state index is 12.6. The average Bonchev–Trinajstić information content (AvgIpc) is 2.87. The number of methoxy groups -OCH3 is 1. The van der Waals surface area contributed by atoms with Crippen molar-refractivity contribution < 1.29 is 18.8 Å². The van der Waals surface area contributed by atoms with Gasteiger partial charge in [0.1, 0.15) is 6.04 Å². The van der Waals surface area contributed by atoms with Gasteiger partial charge in [0.2, 0.25) is 5.91 Å². The lowest BCUT2D eigenvalue weighted by atomic mass is 9.75. The molecule has 0 bridgehead atoms. The molecule has 7 heteroatoms. The Morgan fingerprint density at radius 1 is 1.18 bits per heavy atom. The van der Waals surface area contributed by atoms with Crippen LogP contribution in [0.2, 0.25) is 0 Å². The van der Waals surface area contributed by atoms with Gasteiger partial charge in [0.25, 0.3) is 0 Å². The Bertz CT molecular complexity index is 623. The zero-order valence-electron chi connectivity index (χ0n) is 18.0. The van der Waals surface area contributed by atoms with E-state index in [9.17, 15) is 4.79 Å². The van der Waals surface area contributed by atoms with Crippen LogP contribution in [-0.2, 0) is 25.3 Å². The Hall–Kier alpha value is -1.41. The number of rotatable bonds is 9. The van der Waals surface area contributed by atoms with E-state index in [0.717, 1.165) is 19.3 Å². The van der Waals surface area contributed by atoms with E-state index in [1.54, 1.807) is 14.0 Å². The van der Waals surface area contributed by atoms with Gasteiger partial charge in [-0.15, -0.1) is 0 Å². The van der Waals surface area contributed by atoms with Gasteiger partial charge in [-0.2, -0.15) is 0 Å². The van der Waals surface area contributed by atoms with Gasteiger partial charge in [-0.25, -0.2) is 0 Å². The Morgan fingerprint density at radius 2 is 1.75 bits per heavy atom. The summed E-state index contributed by atoms with van der Waals surface area (Å²) >= 11 is 0. The number of nitrogens with two attached hydrogens (primary N) is 1. The molecule has 2 rings (SSSR count). The Labute approximate surface area is 169 Å². The number of ether oxygens (including phenoxy) is 1. The minimum atomic E-state index is -0.746. The minimum absolute atomic E-state index is 0.256. The second-order valence-corrected chi connectivity index (χ2v) is 8.58. The van der Waals surface area contributed by atoms with Crippen LogP contribution in [0.25, 0.3) is 0 Å². The maximum atomic E-state index is 12.6. The highest BCUT2D eigenvalue weighted by molar-refractivity contribution is 6.48. The fourth-order valence-electron chi connectivity index (χ4n) is 3.14. The van der Waals surface area contributed by atoms with Crippen molar-refractivity contribution in [1.82, 2.24) is 5.32 Å². The molecule has 28 heavy (non-hydrogen) atoms. The lowest BCUT2D eigenvalue weighted by Gasteiger charge is -2.32. The Kier molecular flexibility index (Phi) is 7.68. The molecular formula is C21H35BN2O4. The van der Waals surface area contributed by atoms with E-state index >= 15 is 0 Å². The molecule has 1 fully saturated rings. The van der Waals surface area contributed by atoms with E-state index in [-0.39, 0.29) is 18.0 Å². The summed E-state index contributed by atoms with van der Waals surface area (Å²) in [6.07, 6.45) is 2.18. The van der Waals surface area contributed by atoms with Crippen LogP contribution in [0, 0.1) is 0 Å². The van der Waals surface area contributed by atoms with E-state index in [1.807, 2.05) is 45.9 Å². The first-order valence-corrected chi connectivity index (χ1v) is 10.1. The fourth-order valence-corrected chi connectivity index (χ4v) is 3.14. The molecule has 1 heterocycles. The summed E-state index contributed by atoms with van der Waals surface area (Å²) in [6.45, 7) is 9.82. The molecule has 0 radical (unpaired) electrons. The highest BCUT2D eigenvalue weighted by Gasteiger charge is 2.54. The van der Waals surface area contributed by atoms with Crippen molar-refractivity contribution in [3.63, 3.8) is 0 Å². The first-order valence-electron chi connectivity index (χ1n) is 10.1. The quantitative estimate of drug-likeness (QED) is 0.633. The van der Waals surface area contributed by atoms with Crippen molar-refractivity contribution in [2.75, 3.05) is 7.11 Å². The number of carbonyl (C=O) groups is 1. The number of hydrogen-bond acceptors (Lipinski definition) is 5. The van der Waals surface area contributed by atoms with Gasteiger partial charge in [-0.1, -0.05) is 30.3 Å². The van der Waals surface area contributed by atoms with Gasteiger partial charge in [0.05, 0.1) is 23.2 Å². The monoisotopic (exact) mass is 390 g/mol. The van der Waals surface area contributed by atoms with E-state index < -0.39 is 24.4 Å². The lowest BCUT2D eigenvalue weighted by molar-refractivity contribution is -0.125.